The first-order valence-electron chi connectivity index (χ1n) is 6.30. The molecule has 1 atom stereocenters. The number of hydrogen-bond donors (Lipinski definition) is 3. The molecule has 0 spiro atoms. The van der Waals surface area contributed by atoms with E-state index in [1.54, 1.807) is 0 Å². The van der Waals surface area contributed by atoms with Crippen LogP contribution in [0.5, 0.6) is 0 Å². The maximum absolute atomic E-state index is 9.35. The molecule has 0 saturated carbocycles. The number of aliphatic hydroxyl groups excluding tert-OH is 2. The van der Waals surface area contributed by atoms with Crippen LogP contribution in [-0.4, -0.2) is 51.8 Å². The average Bonchev–Trinajstić information content (AvgIpc) is 2.42. The van der Waals surface area contributed by atoms with Gasteiger partial charge in [-0.2, -0.15) is 0 Å². The summed E-state index contributed by atoms with van der Waals surface area (Å²) < 4.78 is 5.30. The van der Waals surface area contributed by atoms with Crippen LogP contribution in [0.25, 0.3) is 0 Å². The van der Waals surface area contributed by atoms with Gasteiger partial charge in [0.1, 0.15) is 17.5 Å². The monoisotopic (exact) mass is 287 g/mol. The van der Waals surface area contributed by atoms with E-state index >= 15 is 0 Å². The third-order valence-corrected chi connectivity index (χ3v) is 3.23. The lowest BCUT2D eigenvalue weighted by Gasteiger charge is -2.10. The van der Waals surface area contributed by atoms with E-state index in [0.717, 1.165) is 17.4 Å². The van der Waals surface area contributed by atoms with Crippen LogP contribution in [0.2, 0.25) is 0 Å². The maximum atomic E-state index is 9.35. The van der Waals surface area contributed by atoms with E-state index in [4.69, 9.17) is 9.84 Å². The summed E-state index contributed by atoms with van der Waals surface area (Å²) in [6.45, 7) is 5.42. The third kappa shape index (κ3) is 6.20. The normalized spacial score (nSPS) is 12.4. The van der Waals surface area contributed by atoms with Gasteiger partial charge in [0, 0.05) is 25.0 Å². The molecule has 0 bridgehead atoms. The van der Waals surface area contributed by atoms with Crippen molar-refractivity contribution in [3.63, 3.8) is 0 Å². The maximum Gasteiger partial charge on any atom is 0.157 e. The molecule has 0 saturated heterocycles. The molecular formula is C12H21N3O3S. The van der Waals surface area contributed by atoms with Crippen molar-refractivity contribution in [2.24, 2.45) is 0 Å². The first-order valence-corrected chi connectivity index (χ1v) is 7.29. The molecule has 108 valence electrons. The second kappa shape index (κ2) is 9.08. The molecule has 0 radical (unpaired) electrons. The zero-order valence-corrected chi connectivity index (χ0v) is 12.1. The number of nitrogens with one attached hydrogen (secondary N) is 1. The molecule has 0 aliphatic heterocycles. The highest BCUT2D eigenvalue weighted by molar-refractivity contribution is 7.99. The number of anilines is 1. The van der Waals surface area contributed by atoms with Gasteiger partial charge in [0.25, 0.3) is 0 Å². The van der Waals surface area contributed by atoms with E-state index in [0.29, 0.717) is 24.8 Å². The Kier molecular flexibility index (Phi) is 7.73. The molecule has 0 fully saturated rings. The van der Waals surface area contributed by atoms with E-state index in [-0.39, 0.29) is 6.61 Å². The fourth-order valence-electron chi connectivity index (χ4n) is 1.31. The molecule has 0 aliphatic carbocycles. The van der Waals surface area contributed by atoms with Crippen LogP contribution in [-0.2, 0) is 11.3 Å². The Bertz CT molecular complexity index is 379. The Morgan fingerprint density at radius 2 is 2.21 bits per heavy atom. The van der Waals surface area contributed by atoms with Gasteiger partial charge >= 0.3 is 0 Å². The second-order valence-electron chi connectivity index (χ2n) is 3.82. The van der Waals surface area contributed by atoms with Crippen LogP contribution in [0.15, 0.2) is 11.1 Å². The Balaban J connectivity index is 2.73. The topological polar surface area (TPSA) is 87.5 Å². The molecule has 0 aromatic carbocycles. The summed E-state index contributed by atoms with van der Waals surface area (Å²) in [5.74, 6) is 1.75. The zero-order valence-electron chi connectivity index (χ0n) is 11.3. The van der Waals surface area contributed by atoms with Crippen molar-refractivity contribution in [3.8, 4) is 0 Å². The number of hydrogen-bond acceptors (Lipinski definition) is 7. The smallest absolute Gasteiger partial charge is 0.157 e. The SMILES string of the molecule is CCNc1cc(SCC(O)CO)nc(COCC)n1. The summed E-state index contributed by atoms with van der Waals surface area (Å²) in [5, 5.41) is 22.0. The zero-order chi connectivity index (χ0) is 14.1. The number of aromatic nitrogens is 2. The number of rotatable bonds is 9. The van der Waals surface area contributed by atoms with Crippen molar-refractivity contribution in [2.45, 2.75) is 31.6 Å². The van der Waals surface area contributed by atoms with Gasteiger partial charge in [-0.25, -0.2) is 9.97 Å². The van der Waals surface area contributed by atoms with E-state index in [2.05, 4.69) is 15.3 Å². The Morgan fingerprint density at radius 1 is 1.42 bits per heavy atom. The first-order chi connectivity index (χ1) is 9.19. The third-order valence-electron chi connectivity index (χ3n) is 2.18. The molecule has 1 rings (SSSR count). The number of aliphatic hydroxyl groups is 2. The molecular weight excluding hydrogens is 266 g/mol. The van der Waals surface area contributed by atoms with Gasteiger partial charge in [-0.1, -0.05) is 0 Å². The van der Waals surface area contributed by atoms with Crippen LogP contribution < -0.4 is 5.32 Å². The summed E-state index contributed by atoms with van der Waals surface area (Å²) in [6.07, 6.45) is -0.738. The highest BCUT2D eigenvalue weighted by Crippen LogP contribution is 2.19. The molecule has 0 amide bonds. The van der Waals surface area contributed by atoms with Crippen LogP contribution >= 0.6 is 11.8 Å². The van der Waals surface area contributed by atoms with E-state index in [1.807, 2.05) is 19.9 Å². The lowest BCUT2D eigenvalue weighted by molar-refractivity contribution is 0.113. The van der Waals surface area contributed by atoms with Crippen molar-refractivity contribution in [1.82, 2.24) is 9.97 Å². The lowest BCUT2D eigenvalue weighted by atomic mass is 10.4. The minimum Gasteiger partial charge on any atom is -0.394 e. The second-order valence-corrected chi connectivity index (χ2v) is 4.86. The van der Waals surface area contributed by atoms with Crippen LogP contribution in [0.4, 0.5) is 5.82 Å². The van der Waals surface area contributed by atoms with Gasteiger partial charge in [-0.15, -0.1) is 11.8 Å². The molecule has 1 unspecified atom stereocenters. The van der Waals surface area contributed by atoms with E-state index in [9.17, 15) is 5.11 Å². The standard InChI is InChI=1S/C12H21N3O3S/c1-3-13-10-5-12(19-8-9(17)6-16)15-11(14-10)7-18-4-2/h5,9,16-17H,3-4,6-8H2,1-2H3,(H,13,14,15). The van der Waals surface area contributed by atoms with Gasteiger partial charge in [-0.3, -0.25) is 0 Å². The number of ether oxygens (including phenoxy) is 1. The first kappa shape index (κ1) is 16.2. The number of nitrogens with zero attached hydrogens (tertiary/aromatic N) is 2. The molecule has 1 aromatic heterocycles. The lowest BCUT2D eigenvalue weighted by Crippen LogP contribution is -2.15. The van der Waals surface area contributed by atoms with Crippen molar-refractivity contribution < 1.29 is 14.9 Å². The Labute approximate surface area is 117 Å². The van der Waals surface area contributed by atoms with Crippen LogP contribution in [0.3, 0.4) is 0 Å². The fourth-order valence-corrected chi connectivity index (χ4v) is 2.14. The molecule has 1 heterocycles. The summed E-state index contributed by atoms with van der Waals surface area (Å²) in [7, 11) is 0. The summed E-state index contributed by atoms with van der Waals surface area (Å²) in [6, 6.07) is 1.83. The molecule has 0 aliphatic rings. The molecule has 1 aromatic rings. The highest BCUT2D eigenvalue weighted by Gasteiger charge is 2.08. The quantitative estimate of drug-likeness (QED) is 0.459. The van der Waals surface area contributed by atoms with Crippen molar-refractivity contribution in [2.75, 3.05) is 30.8 Å². The summed E-state index contributed by atoms with van der Waals surface area (Å²) >= 11 is 1.38. The van der Waals surface area contributed by atoms with Gasteiger partial charge < -0.3 is 20.3 Å². The van der Waals surface area contributed by atoms with E-state index < -0.39 is 6.10 Å². The van der Waals surface area contributed by atoms with Crippen LogP contribution in [0, 0.1) is 0 Å². The van der Waals surface area contributed by atoms with E-state index in [1.165, 1.54) is 11.8 Å². The minimum atomic E-state index is -0.738. The van der Waals surface area contributed by atoms with Crippen molar-refractivity contribution in [1.29, 1.82) is 0 Å². The predicted molar refractivity (Wildman–Crippen MR) is 75.3 cm³/mol. The van der Waals surface area contributed by atoms with Crippen LogP contribution in [0.1, 0.15) is 19.7 Å². The van der Waals surface area contributed by atoms with Crippen molar-refractivity contribution in [3.05, 3.63) is 11.9 Å². The Hall–Kier alpha value is -0.890. The molecule has 3 N–H and O–H groups in total. The summed E-state index contributed by atoms with van der Waals surface area (Å²) in [4.78, 5) is 8.69. The minimum absolute atomic E-state index is 0.246. The highest BCUT2D eigenvalue weighted by atomic mass is 32.2. The molecule has 6 nitrogen and oxygen atoms in total. The fraction of sp³-hybridized carbons (Fsp3) is 0.667. The van der Waals surface area contributed by atoms with Gasteiger partial charge in [-0.05, 0) is 13.8 Å². The summed E-state index contributed by atoms with van der Waals surface area (Å²) in [5.41, 5.74) is 0. The Morgan fingerprint density at radius 3 is 2.84 bits per heavy atom. The van der Waals surface area contributed by atoms with Gasteiger partial charge in [0.2, 0.25) is 0 Å². The van der Waals surface area contributed by atoms with Gasteiger partial charge in [0.05, 0.1) is 12.7 Å². The molecule has 7 heteroatoms. The largest absolute Gasteiger partial charge is 0.394 e. The average molecular weight is 287 g/mol. The number of thioether (sulfide) groups is 1. The van der Waals surface area contributed by atoms with Gasteiger partial charge in [0.15, 0.2) is 5.82 Å². The molecule has 19 heavy (non-hydrogen) atoms. The predicted octanol–water partition coefficient (Wildman–Crippen LogP) is 0.890. The van der Waals surface area contributed by atoms with Crippen molar-refractivity contribution >= 4 is 17.6 Å².